The van der Waals surface area contributed by atoms with E-state index in [1.807, 2.05) is 62.8 Å². The summed E-state index contributed by atoms with van der Waals surface area (Å²) < 4.78 is 35.1. The number of carbonyl (C=O) groups is 2. The van der Waals surface area contributed by atoms with E-state index in [1.54, 1.807) is 54.8 Å². The maximum atomic E-state index is 13.1. The van der Waals surface area contributed by atoms with Crippen molar-refractivity contribution in [1.29, 1.82) is 0 Å². The summed E-state index contributed by atoms with van der Waals surface area (Å²) in [5, 5.41) is 11.6. The normalized spacial score (nSPS) is 14.1. The number of amides is 1. The summed E-state index contributed by atoms with van der Waals surface area (Å²) in [6, 6.07) is 14.2. The predicted octanol–water partition coefficient (Wildman–Crippen LogP) is 10.4. The number of thiazole rings is 2. The molecule has 0 unspecified atom stereocenters. The number of methoxy groups -OCH3 is 6. The smallest absolute Gasteiger partial charge is 0.308 e. The number of hydrogen-bond acceptors (Lipinski definition) is 17. The van der Waals surface area contributed by atoms with Crippen LogP contribution < -0.4 is 50.3 Å². The molecule has 0 saturated heterocycles. The van der Waals surface area contributed by atoms with Crippen LogP contribution in [0.1, 0.15) is 68.3 Å². The van der Waals surface area contributed by atoms with Gasteiger partial charge in [-0.05, 0) is 146 Å². The topological polar surface area (TPSA) is 214 Å². The number of carboxylic acids is 1. The number of carboxylic acid groups (broad SMARTS) is 1. The van der Waals surface area contributed by atoms with Gasteiger partial charge in [0.15, 0.2) is 41.8 Å². The van der Waals surface area contributed by atoms with Gasteiger partial charge in [-0.3, -0.25) is 19.2 Å². The number of fused-ring (bicyclic) bond motifs is 6. The number of rotatable bonds is 13. The number of aromatic nitrogens is 2. The highest BCUT2D eigenvalue weighted by molar-refractivity contribution is 7.98. The molecule has 2 atom stereocenters. The molecule has 8 rings (SSSR count). The van der Waals surface area contributed by atoms with E-state index in [0.29, 0.717) is 65.0 Å². The van der Waals surface area contributed by atoms with Crippen LogP contribution in [-0.2, 0) is 35.3 Å². The highest BCUT2D eigenvalue weighted by Gasteiger charge is 2.31. The lowest BCUT2D eigenvalue weighted by molar-refractivity contribution is -0.136. The molecule has 0 bridgehead atoms. The summed E-state index contributed by atoms with van der Waals surface area (Å²) in [6.07, 6.45) is 6.77. The molecule has 0 spiro atoms. The molecule has 0 aliphatic heterocycles. The van der Waals surface area contributed by atoms with Crippen LogP contribution in [0.3, 0.4) is 0 Å². The standard InChI is InChI=1S/C26H28N2O5S3.C20H23NO4S.C6H7NO2S2/c1-13-21(36-26(34)27-13)12-22(30)28-17-8-6-14-10-19(31-2)24(32-3)25(33-4)23(14)15-7-9-20(35-5)18(29)11-16(15)17;1-23-16-9-11-5-7-14(21)13-10-15(22)17(26-4)8-6-12(13)18(11)20(25-3)19(16)24-2;1-3-4(2-5(8)9)11-6(10)7-3/h7,9-11,17H,6,8,12H2,1-5H3,(H,27,34)(H,28,30);6,8-10,14H,5,7,21H2,1-4H3;2H2,1H3,(H,7,10)(H,8,9)/t17-;14-;/m00./s1. The first kappa shape index (κ1) is 56.6. The Hall–Kier alpha value is -5.68. The van der Waals surface area contributed by atoms with Crippen molar-refractivity contribution in [2.45, 2.75) is 74.2 Å². The molecule has 4 aromatic carbocycles. The summed E-state index contributed by atoms with van der Waals surface area (Å²) in [4.78, 5) is 58.0. The van der Waals surface area contributed by atoms with Gasteiger partial charge in [0.1, 0.15) is 0 Å². The third-order valence-corrected chi connectivity index (χ3v) is 16.5. The van der Waals surface area contributed by atoms with Crippen LogP contribution in [0, 0.1) is 21.8 Å². The Kier molecular flexibility index (Phi) is 19.8. The van der Waals surface area contributed by atoms with Crippen molar-refractivity contribution in [1.82, 2.24) is 15.3 Å². The van der Waals surface area contributed by atoms with Gasteiger partial charge in [0.2, 0.25) is 17.4 Å². The molecule has 6 aromatic rings. The van der Waals surface area contributed by atoms with Gasteiger partial charge < -0.3 is 54.5 Å². The number of carbonyl (C=O) groups excluding carboxylic acids is 1. The number of nitrogens with two attached hydrogens (primary N) is 1. The van der Waals surface area contributed by atoms with Gasteiger partial charge in [0.25, 0.3) is 0 Å². The molecule has 0 radical (unpaired) electrons. The second kappa shape index (κ2) is 25.5. The molecule has 2 aromatic heterocycles. The number of ether oxygens (including phenoxy) is 6. The van der Waals surface area contributed by atoms with E-state index in [2.05, 4.69) is 15.3 Å². The number of thioether (sulfide) groups is 2. The van der Waals surface area contributed by atoms with E-state index in [0.717, 1.165) is 78.5 Å². The molecule has 2 aliphatic rings. The maximum absolute atomic E-state index is 13.1. The lowest BCUT2D eigenvalue weighted by Gasteiger charge is -2.20. The highest BCUT2D eigenvalue weighted by Crippen LogP contribution is 2.51. The van der Waals surface area contributed by atoms with Gasteiger partial charge >= 0.3 is 5.97 Å². The zero-order valence-corrected chi connectivity index (χ0v) is 47.0. The van der Waals surface area contributed by atoms with E-state index in [4.69, 9.17) is 63.7 Å². The second-order valence-corrected chi connectivity index (χ2v) is 21.8. The second-order valence-electron chi connectivity index (χ2n) is 16.6. The van der Waals surface area contributed by atoms with Crippen LogP contribution in [0.15, 0.2) is 67.9 Å². The minimum Gasteiger partial charge on any atom is -0.493 e. The zero-order chi connectivity index (χ0) is 53.3. The van der Waals surface area contributed by atoms with Gasteiger partial charge in [0, 0.05) is 38.3 Å². The third kappa shape index (κ3) is 12.8. The Bertz CT molecular complexity index is 3280. The minimum absolute atomic E-state index is 0.0166. The number of nitrogens with one attached hydrogen (secondary N) is 3. The Morgan fingerprint density at radius 1 is 0.671 bits per heavy atom. The van der Waals surface area contributed by atoms with Gasteiger partial charge in [-0.15, -0.1) is 46.2 Å². The molecule has 6 N–H and O–H groups in total. The van der Waals surface area contributed by atoms with E-state index in [-0.39, 0.29) is 41.7 Å². The van der Waals surface area contributed by atoms with Crippen molar-refractivity contribution in [2.24, 2.45) is 5.73 Å². The van der Waals surface area contributed by atoms with Crippen LogP contribution in [0.5, 0.6) is 34.5 Å². The number of aryl methyl sites for hydroxylation is 4. The van der Waals surface area contributed by atoms with Gasteiger partial charge in [0.05, 0.1) is 71.3 Å². The lowest BCUT2D eigenvalue weighted by Crippen LogP contribution is -2.30. The quantitative estimate of drug-likeness (QED) is 0.0537. The van der Waals surface area contributed by atoms with Crippen LogP contribution in [0.4, 0.5) is 0 Å². The maximum Gasteiger partial charge on any atom is 0.308 e. The Morgan fingerprint density at radius 3 is 1.52 bits per heavy atom. The highest BCUT2D eigenvalue weighted by atomic mass is 32.2. The molecule has 21 heteroatoms. The summed E-state index contributed by atoms with van der Waals surface area (Å²) in [6.45, 7) is 3.73. The molecule has 1 amide bonds. The van der Waals surface area contributed by atoms with Crippen molar-refractivity contribution >= 4 is 82.5 Å². The number of H-pyrrole nitrogens is 2. The minimum atomic E-state index is -0.821. The lowest BCUT2D eigenvalue weighted by atomic mass is 9.95. The van der Waals surface area contributed by atoms with Crippen LogP contribution >= 0.6 is 70.6 Å². The fourth-order valence-electron chi connectivity index (χ4n) is 8.85. The molecule has 73 heavy (non-hydrogen) atoms. The van der Waals surface area contributed by atoms with Crippen molar-refractivity contribution in [3.8, 4) is 56.8 Å². The summed E-state index contributed by atoms with van der Waals surface area (Å²) in [7, 11) is 9.54. The molecule has 2 heterocycles. The number of aliphatic carboxylic acids is 1. The predicted molar refractivity (Wildman–Crippen MR) is 297 cm³/mol. The van der Waals surface area contributed by atoms with Gasteiger partial charge in [-0.25, -0.2) is 0 Å². The van der Waals surface area contributed by atoms with Crippen molar-refractivity contribution in [3.63, 3.8) is 0 Å². The Labute approximate surface area is 450 Å². The first-order chi connectivity index (χ1) is 34.9. The molecule has 0 saturated carbocycles. The van der Waals surface area contributed by atoms with Gasteiger partial charge in [-0.2, -0.15) is 0 Å². The largest absolute Gasteiger partial charge is 0.493 e. The molecule has 2 aliphatic carbocycles. The Morgan fingerprint density at radius 2 is 1.11 bits per heavy atom. The third-order valence-electron chi connectivity index (χ3n) is 12.3. The number of hydrogen-bond donors (Lipinski definition) is 5. The summed E-state index contributed by atoms with van der Waals surface area (Å²) in [5.41, 5.74) is 15.2. The monoisotopic (exact) mass is 1110 g/mol. The van der Waals surface area contributed by atoms with Crippen LogP contribution in [0.2, 0.25) is 0 Å². The van der Waals surface area contributed by atoms with Crippen molar-refractivity contribution < 1.29 is 43.1 Å². The fourth-order valence-corrected chi connectivity index (χ4v) is 12.4. The SMILES string of the molecule is COc1cc2c(c(OC)c1OC)-c1ccc(SC)c(=O)cc1[C@@H](N)CC2.COc1cc2c(c(OC)c1OC)-c1ccc(SC)c(=O)cc1[C@@H](NC(=O)Cc1sc(=S)[nH]c1C)CC2.Cc1[nH]c(=S)sc1CC(=O)O. The average Bonchev–Trinajstić information content (AvgIpc) is 3.58. The van der Waals surface area contributed by atoms with Crippen LogP contribution in [0.25, 0.3) is 22.3 Å². The molecule has 0 fully saturated rings. The molecular weight excluding hydrogens is 1050 g/mol. The van der Waals surface area contributed by atoms with Gasteiger partial charge in [-0.1, -0.05) is 12.1 Å². The first-order valence-electron chi connectivity index (χ1n) is 22.7. The average molecular weight is 1110 g/mol. The summed E-state index contributed by atoms with van der Waals surface area (Å²) >= 11 is 15.6. The Balaban J connectivity index is 0.000000204. The fraction of sp³-hybridized carbons (Fsp3) is 0.346. The zero-order valence-electron chi connectivity index (χ0n) is 42.1. The first-order valence-corrected chi connectivity index (χ1v) is 27.6. The molecular formula is C52H58N4O11S6. The molecule has 388 valence electrons. The van der Waals surface area contributed by atoms with E-state index < -0.39 is 5.97 Å². The summed E-state index contributed by atoms with van der Waals surface area (Å²) in [5.74, 6) is 2.39. The van der Waals surface area contributed by atoms with E-state index in [1.165, 1.54) is 46.2 Å². The van der Waals surface area contributed by atoms with Crippen molar-refractivity contribution in [3.05, 3.63) is 120 Å². The van der Waals surface area contributed by atoms with E-state index in [9.17, 15) is 19.2 Å². The number of benzene rings is 2. The number of aromatic amines is 2. The molecule has 15 nitrogen and oxygen atoms in total. The van der Waals surface area contributed by atoms with E-state index >= 15 is 0 Å². The van der Waals surface area contributed by atoms with Crippen LogP contribution in [-0.4, -0.2) is 82.1 Å². The van der Waals surface area contributed by atoms with Crippen molar-refractivity contribution in [2.75, 3.05) is 55.2 Å².